The van der Waals surface area contributed by atoms with Gasteiger partial charge in [-0.05, 0) is 26.0 Å². The smallest absolute Gasteiger partial charge is 0.417 e. The summed E-state index contributed by atoms with van der Waals surface area (Å²) in [4.78, 5) is 11.3. The topological polar surface area (TPSA) is 43.4 Å². The molecule has 3 nitrogen and oxygen atoms in total. The number of alkyl halides is 3. The van der Waals surface area contributed by atoms with Gasteiger partial charge in [0.25, 0.3) is 0 Å². The van der Waals surface area contributed by atoms with E-state index in [1.54, 1.807) is 19.9 Å². The molecule has 0 N–H and O–H groups in total. The predicted molar refractivity (Wildman–Crippen MR) is 66.7 cm³/mol. The molecule has 3 aromatic rings. The highest BCUT2D eigenvalue weighted by molar-refractivity contribution is 5.98. The molecule has 0 spiro atoms. The molecule has 2 heterocycles. The fourth-order valence-corrected chi connectivity index (χ4v) is 2.35. The van der Waals surface area contributed by atoms with Crippen LogP contribution in [0, 0.1) is 13.8 Å². The van der Waals surface area contributed by atoms with Gasteiger partial charge in [-0.25, -0.2) is 4.79 Å². The van der Waals surface area contributed by atoms with Gasteiger partial charge in [0.05, 0.1) is 5.56 Å². The van der Waals surface area contributed by atoms with E-state index in [1.165, 1.54) is 6.07 Å². The van der Waals surface area contributed by atoms with Crippen molar-refractivity contribution in [1.29, 1.82) is 0 Å². The second-order valence-electron chi connectivity index (χ2n) is 4.63. The van der Waals surface area contributed by atoms with E-state index in [0.29, 0.717) is 28.4 Å². The molecule has 6 heteroatoms. The lowest BCUT2D eigenvalue weighted by molar-refractivity contribution is -0.136. The Morgan fingerprint density at radius 1 is 1.00 bits per heavy atom. The lowest BCUT2D eigenvalue weighted by Gasteiger charge is -2.10. The summed E-state index contributed by atoms with van der Waals surface area (Å²) in [6.07, 6.45) is -4.62. The summed E-state index contributed by atoms with van der Waals surface area (Å²) in [6.45, 7) is 3.27. The van der Waals surface area contributed by atoms with Gasteiger partial charge in [0, 0.05) is 22.4 Å². The Morgan fingerprint density at radius 2 is 1.70 bits per heavy atom. The number of benzene rings is 1. The molecule has 0 aliphatic carbocycles. The maximum atomic E-state index is 13.0. The minimum absolute atomic E-state index is 0.0910. The summed E-state index contributed by atoms with van der Waals surface area (Å²) >= 11 is 0. The van der Waals surface area contributed by atoms with Crippen molar-refractivity contribution in [3.05, 3.63) is 45.5 Å². The molecule has 104 valence electrons. The molecule has 2 aromatic heterocycles. The molecule has 0 saturated heterocycles. The molecule has 0 fully saturated rings. The molecule has 0 aliphatic rings. The van der Waals surface area contributed by atoms with E-state index in [-0.39, 0.29) is 11.0 Å². The summed E-state index contributed by atoms with van der Waals surface area (Å²) in [6, 6.07) is 3.45. The van der Waals surface area contributed by atoms with Crippen LogP contribution in [0.5, 0.6) is 0 Å². The first-order valence-corrected chi connectivity index (χ1v) is 5.82. The van der Waals surface area contributed by atoms with Crippen LogP contribution in [0.15, 0.2) is 31.8 Å². The van der Waals surface area contributed by atoms with E-state index in [0.717, 1.165) is 0 Å². The molecule has 0 bridgehead atoms. The Hall–Kier alpha value is -2.24. The van der Waals surface area contributed by atoms with Crippen LogP contribution >= 0.6 is 0 Å². The van der Waals surface area contributed by atoms with E-state index in [1.807, 2.05) is 0 Å². The number of hydrogen-bond donors (Lipinski definition) is 0. The monoisotopic (exact) mass is 282 g/mol. The van der Waals surface area contributed by atoms with E-state index in [4.69, 9.17) is 8.83 Å². The van der Waals surface area contributed by atoms with Crippen LogP contribution < -0.4 is 5.63 Å². The normalized spacial score (nSPS) is 12.4. The van der Waals surface area contributed by atoms with E-state index >= 15 is 0 Å². The van der Waals surface area contributed by atoms with Crippen molar-refractivity contribution in [3.8, 4) is 0 Å². The molecule has 0 atom stereocenters. The van der Waals surface area contributed by atoms with E-state index < -0.39 is 17.4 Å². The molecule has 0 saturated carbocycles. The minimum atomic E-state index is -4.62. The van der Waals surface area contributed by atoms with E-state index in [2.05, 4.69) is 0 Å². The van der Waals surface area contributed by atoms with Gasteiger partial charge in [-0.2, -0.15) is 13.2 Å². The average Bonchev–Trinajstić information content (AvgIpc) is 2.69. The van der Waals surface area contributed by atoms with Crippen molar-refractivity contribution in [1.82, 2.24) is 0 Å². The lowest BCUT2D eigenvalue weighted by Crippen LogP contribution is -2.11. The van der Waals surface area contributed by atoms with Gasteiger partial charge in [0.2, 0.25) is 0 Å². The maximum Gasteiger partial charge on any atom is 0.417 e. The summed E-state index contributed by atoms with van der Waals surface area (Å²) in [5, 5.41) is 0.412. The SMILES string of the molecule is Cc1cc2cc3c(C(F)(F)F)cc(=O)oc3c(C)c2o1. The summed E-state index contributed by atoms with van der Waals surface area (Å²) in [5.74, 6) is 0.578. The largest absolute Gasteiger partial charge is 0.461 e. The zero-order valence-electron chi connectivity index (χ0n) is 10.6. The Labute approximate surface area is 110 Å². The fourth-order valence-electron chi connectivity index (χ4n) is 2.35. The highest BCUT2D eigenvalue weighted by Crippen LogP contribution is 2.37. The third-order valence-electron chi connectivity index (χ3n) is 3.17. The number of halogens is 3. The van der Waals surface area contributed by atoms with Crippen LogP contribution in [-0.2, 0) is 6.18 Å². The Bertz CT molecular complexity index is 884. The van der Waals surface area contributed by atoms with Crippen molar-refractivity contribution in [2.24, 2.45) is 0 Å². The maximum absolute atomic E-state index is 13.0. The molecule has 20 heavy (non-hydrogen) atoms. The number of hydrogen-bond acceptors (Lipinski definition) is 3. The van der Waals surface area contributed by atoms with Gasteiger partial charge >= 0.3 is 11.8 Å². The highest BCUT2D eigenvalue weighted by atomic mass is 19.4. The van der Waals surface area contributed by atoms with Crippen LogP contribution in [0.25, 0.3) is 21.9 Å². The summed E-state index contributed by atoms with van der Waals surface area (Å²) < 4.78 is 49.5. The van der Waals surface area contributed by atoms with Crippen molar-refractivity contribution in [2.75, 3.05) is 0 Å². The quantitative estimate of drug-likeness (QED) is 0.581. The van der Waals surface area contributed by atoms with Gasteiger partial charge in [-0.3, -0.25) is 0 Å². The number of furan rings is 1. The van der Waals surface area contributed by atoms with Crippen LogP contribution in [0.2, 0.25) is 0 Å². The third-order valence-corrected chi connectivity index (χ3v) is 3.17. The first-order chi connectivity index (χ1) is 9.27. The van der Waals surface area contributed by atoms with E-state index in [9.17, 15) is 18.0 Å². The molecule has 0 amide bonds. The highest BCUT2D eigenvalue weighted by Gasteiger charge is 2.34. The first-order valence-electron chi connectivity index (χ1n) is 5.82. The zero-order valence-corrected chi connectivity index (χ0v) is 10.6. The number of rotatable bonds is 0. The van der Waals surface area contributed by atoms with Crippen molar-refractivity contribution in [2.45, 2.75) is 20.0 Å². The van der Waals surface area contributed by atoms with Crippen LogP contribution in [0.1, 0.15) is 16.9 Å². The molecule has 0 radical (unpaired) electrons. The van der Waals surface area contributed by atoms with Gasteiger partial charge in [0.1, 0.15) is 16.9 Å². The Balaban J connectivity index is 2.57. The Kier molecular flexibility index (Phi) is 2.48. The number of aryl methyl sites for hydroxylation is 2. The number of fused-ring (bicyclic) bond motifs is 2. The van der Waals surface area contributed by atoms with Crippen LogP contribution in [-0.4, -0.2) is 0 Å². The Morgan fingerprint density at radius 3 is 2.35 bits per heavy atom. The van der Waals surface area contributed by atoms with Crippen LogP contribution in [0.3, 0.4) is 0 Å². The molecular weight excluding hydrogens is 273 g/mol. The van der Waals surface area contributed by atoms with Crippen molar-refractivity contribution in [3.63, 3.8) is 0 Å². The average molecular weight is 282 g/mol. The molecule has 0 unspecified atom stereocenters. The van der Waals surface area contributed by atoms with Gasteiger partial charge in [0.15, 0.2) is 0 Å². The van der Waals surface area contributed by atoms with Gasteiger partial charge < -0.3 is 8.83 Å². The predicted octanol–water partition coefficient (Wildman–Crippen LogP) is 4.17. The fraction of sp³-hybridized carbons (Fsp3) is 0.214. The van der Waals surface area contributed by atoms with Crippen molar-refractivity contribution < 1.29 is 22.0 Å². The molecular formula is C14H9F3O3. The standard InChI is InChI=1S/C14H9F3O3/c1-6-3-8-4-9-10(14(15,16)17)5-11(18)20-13(9)7(2)12(8)19-6/h3-5H,1-2H3. The third kappa shape index (κ3) is 1.79. The van der Waals surface area contributed by atoms with Crippen molar-refractivity contribution >= 4 is 21.9 Å². The first kappa shape index (κ1) is 12.8. The second-order valence-corrected chi connectivity index (χ2v) is 4.63. The summed E-state index contributed by atoms with van der Waals surface area (Å²) in [7, 11) is 0. The zero-order chi connectivity index (χ0) is 14.7. The van der Waals surface area contributed by atoms with Crippen LogP contribution in [0.4, 0.5) is 13.2 Å². The molecule has 3 rings (SSSR count). The lowest BCUT2D eigenvalue weighted by atomic mass is 10.0. The minimum Gasteiger partial charge on any atom is -0.461 e. The molecule has 0 aliphatic heterocycles. The van der Waals surface area contributed by atoms with Gasteiger partial charge in [-0.1, -0.05) is 0 Å². The molecule has 1 aromatic carbocycles. The summed E-state index contributed by atoms with van der Waals surface area (Å²) in [5.41, 5.74) is -1.30. The second kappa shape index (κ2) is 3.88. The van der Waals surface area contributed by atoms with Gasteiger partial charge in [-0.15, -0.1) is 0 Å².